The monoisotopic (exact) mass is 366 g/mol. The molecule has 0 spiro atoms. The normalized spacial score (nSPS) is 19.0. The lowest BCUT2D eigenvalue weighted by atomic mass is 10.0. The lowest BCUT2D eigenvalue weighted by molar-refractivity contribution is 0.0473. The average molecular weight is 367 g/mol. The first-order valence-electron chi connectivity index (χ1n) is 9.39. The number of aliphatic hydroxyl groups excluding tert-OH is 1. The van der Waals surface area contributed by atoms with Gasteiger partial charge in [-0.25, -0.2) is 0 Å². The maximum atomic E-state index is 9.46. The van der Waals surface area contributed by atoms with E-state index in [0.717, 1.165) is 50.5 Å². The van der Waals surface area contributed by atoms with Crippen molar-refractivity contribution in [1.82, 2.24) is 9.80 Å². The van der Waals surface area contributed by atoms with Crippen LogP contribution in [0.25, 0.3) is 0 Å². The summed E-state index contributed by atoms with van der Waals surface area (Å²) >= 11 is 0. The third-order valence-corrected chi connectivity index (χ3v) is 4.93. The summed E-state index contributed by atoms with van der Waals surface area (Å²) in [5.41, 5.74) is 1.09. The first-order chi connectivity index (χ1) is 12.5. The number of ether oxygens (including phenoxy) is 3. The molecule has 0 bridgehead atoms. The number of hydrogen-bond acceptors (Lipinski definition) is 6. The summed E-state index contributed by atoms with van der Waals surface area (Å²) in [6, 6.07) is 4.36. The number of benzene rings is 1. The molecule has 0 unspecified atom stereocenters. The van der Waals surface area contributed by atoms with E-state index in [2.05, 4.69) is 23.6 Å². The van der Waals surface area contributed by atoms with Gasteiger partial charge in [0.2, 0.25) is 5.75 Å². The Labute approximate surface area is 157 Å². The van der Waals surface area contributed by atoms with E-state index in [1.807, 2.05) is 12.1 Å². The highest BCUT2D eigenvalue weighted by Crippen LogP contribution is 2.40. The van der Waals surface area contributed by atoms with E-state index in [1.165, 1.54) is 0 Å². The SMILES string of the molecule is COc1ccc(CN2CCN(CC(C)C)[C@H](CCO)C2)c(OC)c1OC. The molecule has 1 aromatic rings. The van der Waals surface area contributed by atoms with Gasteiger partial charge < -0.3 is 19.3 Å². The van der Waals surface area contributed by atoms with Crippen molar-refractivity contribution in [2.24, 2.45) is 5.92 Å². The van der Waals surface area contributed by atoms with Crippen LogP contribution in [-0.2, 0) is 6.54 Å². The van der Waals surface area contributed by atoms with E-state index in [-0.39, 0.29) is 6.61 Å². The number of aliphatic hydroxyl groups is 1. The Balaban J connectivity index is 2.13. The van der Waals surface area contributed by atoms with Gasteiger partial charge in [0.1, 0.15) is 0 Å². The second-order valence-corrected chi connectivity index (χ2v) is 7.28. The molecule has 1 aliphatic heterocycles. The van der Waals surface area contributed by atoms with Crippen LogP contribution in [0, 0.1) is 5.92 Å². The topological polar surface area (TPSA) is 54.4 Å². The highest BCUT2D eigenvalue weighted by Gasteiger charge is 2.28. The molecule has 1 atom stereocenters. The Morgan fingerprint density at radius 3 is 2.38 bits per heavy atom. The van der Waals surface area contributed by atoms with Crippen LogP contribution in [0.15, 0.2) is 12.1 Å². The second-order valence-electron chi connectivity index (χ2n) is 7.28. The second kappa shape index (κ2) is 10.00. The van der Waals surface area contributed by atoms with Crippen LogP contribution in [0.1, 0.15) is 25.8 Å². The van der Waals surface area contributed by atoms with Gasteiger partial charge in [-0.05, 0) is 18.4 Å². The number of nitrogens with zero attached hydrogens (tertiary/aromatic N) is 2. The zero-order valence-corrected chi connectivity index (χ0v) is 16.8. The van der Waals surface area contributed by atoms with Crippen LogP contribution in [0.5, 0.6) is 17.2 Å². The number of methoxy groups -OCH3 is 3. The van der Waals surface area contributed by atoms with Crippen LogP contribution in [-0.4, -0.2) is 75.1 Å². The zero-order valence-electron chi connectivity index (χ0n) is 16.8. The summed E-state index contributed by atoms with van der Waals surface area (Å²) in [6.07, 6.45) is 0.812. The molecular formula is C20H34N2O4. The first-order valence-corrected chi connectivity index (χ1v) is 9.39. The van der Waals surface area contributed by atoms with Crippen molar-refractivity contribution in [3.05, 3.63) is 17.7 Å². The fourth-order valence-electron chi connectivity index (χ4n) is 3.76. The van der Waals surface area contributed by atoms with Gasteiger partial charge in [-0.2, -0.15) is 0 Å². The molecule has 6 nitrogen and oxygen atoms in total. The summed E-state index contributed by atoms with van der Waals surface area (Å²) in [4.78, 5) is 4.95. The van der Waals surface area contributed by atoms with E-state index in [9.17, 15) is 5.11 Å². The van der Waals surface area contributed by atoms with E-state index < -0.39 is 0 Å². The molecular weight excluding hydrogens is 332 g/mol. The van der Waals surface area contributed by atoms with Crippen molar-refractivity contribution >= 4 is 0 Å². The van der Waals surface area contributed by atoms with Crippen LogP contribution in [0.2, 0.25) is 0 Å². The molecule has 148 valence electrons. The van der Waals surface area contributed by atoms with Crippen molar-refractivity contribution in [3.63, 3.8) is 0 Å². The largest absolute Gasteiger partial charge is 0.493 e. The molecule has 0 aliphatic carbocycles. The highest BCUT2D eigenvalue weighted by molar-refractivity contribution is 5.55. The number of rotatable bonds is 9. The average Bonchev–Trinajstić information content (AvgIpc) is 2.63. The summed E-state index contributed by atoms with van der Waals surface area (Å²) in [5, 5.41) is 9.46. The predicted molar refractivity (Wildman–Crippen MR) is 103 cm³/mol. The highest BCUT2D eigenvalue weighted by atomic mass is 16.5. The minimum Gasteiger partial charge on any atom is -0.493 e. The molecule has 0 saturated carbocycles. The van der Waals surface area contributed by atoms with Gasteiger partial charge in [0.25, 0.3) is 0 Å². The third kappa shape index (κ3) is 5.02. The molecule has 1 heterocycles. The van der Waals surface area contributed by atoms with Crippen molar-refractivity contribution in [1.29, 1.82) is 0 Å². The Kier molecular flexibility index (Phi) is 8.00. The lowest BCUT2D eigenvalue weighted by Crippen LogP contribution is -2.53. The molecule has 1 aliphatic rings. The fourth-order valence-corrected chi connectivity index (χ4v) is 3.76. The zero-order chi connectivity index (χ0) is 19.1. The molecule has 0 aromatic heterocycles. The maximum absolute atomic E-state index is 9.46. The molecule has 26 heavy (non-hydrogen) atoms. The molecule has 1 fully saturated rings. The maximum Gasteiger partial charge on any atom is 0.203 e. The standard InChI is InChI=1S/C20H34N2O4/c1-15(2)12-22-10-9-21(14-17(22)8-11-23)13-16-6-7-18(24-3)20(26-5)19(16)25-4/h6-7,15,17,23H,8-14H2,1-5H3/t17-/m1/s1. The number of piperazine rings is 1. The van der Waals surface area contributed by atoms with Gasteiger partial charge in [-0.1, -0.05) is 19.9 Å². The van der Waals surface area contributed by atoms with Crippen LogP contribution < -0.4 is 14.2 Å². The molecule has 1 saturated heterocycles. The van der Waals surface area contributed by atoms with Crippen molar-refractivity contribution in [2.45, 2.75) is 32.9 Å². The predicted octanol–water partition coefficient (Wildman–Crippen LogP) is 2.24. The minimum atomic E-state index is 0.229. The summed E-state index contributed by atoms with van der Waals surface area (Å²) in [6.45, 7) is 9.58. The van der Waals surface area contributed by atoms with Gasteiger partial charge in [0.15, 0.2) is 11.5 Å². The van der Waals surface area contributed by atoms with Gasteiger partial charge in [-0.15, -0.1) is 0 Å². The number of hydrogen-bond donors (Lipinski definition) is 1. The molecule has 0 amide bonds. The first kappa shape index (κ1) is 20.8. The Morgan fingerprint density at radius 2 is 1.81 bits per heavy atom. The van der Waals surface area contributed by atoms with E-state index in [4.69, 9.17) is 14.2 Å². The Hall–Kier alpha value is -1.50. The van der Waals surface area contributed by atoms with Gasteiger partial charge in [0, 0.05) is 50.9 Å². The Morgan fingerprint density at radius 1 is 1.08 bits per heavy atom. The molecule has 0 radical (unpaired) electrons. The third-order valence-electron chi connectivity index (χ3n) is 4.93. The van der Waals surface area contributed by atoms with Crippen molar-refractivity contribution in [2.75, 3.05) is 54.1 Å². The fraction of sp³-hybridized carbons (Fsp3) is 0.700. The molecule has 6 heteroatoms. The summed E-state index contributed by atoms with van der Waals surface area (Å²) < 4.78 is 16.5. The van der Waals surface area contributed by atoms with E-state index in [1.54, 1.807) is 21.3 Å². The van der Waals surface area contributed by atoms with E-state index in [0.29, 0.717) is 23.5 Å². The van der Waals surface area contributed by atoms with Gasteiger partial charge in [-0.3, -0.25) is 9.80 Å². The quantitative estimate of drug-likeness (QED) is 0.723. The smallest absolute Gasteiger partial charge is 0.203 e. The van der Waals surface area contributed by atoms with E-state index >= 15 is 0 Å². The van der Waals surface area contributed by atoms with Crippen LogP contribution in [0.4, 0.5) is 0 Å². The molecule has 1 aromatic carbocycles. The van der Waals surface area contributed by atoms with Crippen LogP contribution in [0.3, 0.4) is 0 Å². The summed E-state index contributed by atoms with van der Waals surface area (Å²) in [7, 11) is 4.92. The molecule has 2 rings (SSSR count). The minimum absolute atomic E-state index is 0.229. The molecule has 1 N–H and O–H groups in total. The van der Waals surface area contributed by atoms with Gasteiger partial charge >= 0.3 is 0 Å². The Bertz CT molecular complexity index is 565. The van der Waals surface area contributed by atoms with Crippen molar-refractivity contribution < 1.29 is 19.3 Å². The van der Waals surface area contributed by atoms with Gasteiger partial charge in [0.05, 0.1) is 21.3 Å². The van der Waals surface area contributed by atoms with Crippen molar-refractivity contribution in [3.8, 4) is 17.2 Å². The van der Waals surface area contributed by atoms with Crippen LogP contribution >= 0.6 is 0 Å². The lowest BCUT2D eigenvalue weighted by Gasteiger charge is -2.42. The summed E-state index contributed by atoms with van der Waals surface area (Å²) in [5.74, 6) is 2.68.